The maximum Gasteiger partial charge on any atom is 0.326 e. The fraction of sp³-hybridized carbons (Fsp3) is 0.672. The number of aromatic nitrogens is 3. The van der Waals surface area contributed by atoms with E-state index >= 15 is 0 Å². The number of phenols is 1. The van der Waals surface area contributed by atoms with Gasteiger partial charge in [-0.3, -0.25) is 9.59 Å². The van der Waals surface area contributed by atoms with Crippen LogP contribution in [0, 0.1) is 12.3 Å². The van der Waals surface area contributed by atoms with Crippen molar-refractivity contribution in [1.29, 1.82) is 0 Å². The van der Waals surface area contributed by atoms with E-state index in [4.69, 9.17) is 9.47 Å². The van der Waals surface area contributed by atoms with E-state index in [2.05, 4.69) is 24.0 Å². The topological polar surface area (TPSA) is 107 Å². The highest BCUT2D eigenvalue weighted by atomic mass is 16.7. The number of hydrogen-bond donors (Lipinski definition) is 1. The molecule has 1 fully saturated rings. The van der Waals surface area contributed by atoms with Crippen LogP contribution >= 0.6 is 0 Å². The molecule has 0 saturated carbocycles. The summed E-state index contributed by atoms with van der Waals surface area (Å²) in [5.74, 6) is -0.734. The molecule has 70 heavy (non-hydrogen) atoms. The fourth-order valence-corrected chi connectivity index (χ4v) is 10.5. The van der Waals surface area contributed by atoms with Crippen LogP contribution in [-0.2, 0) is 25.6 Å². The Hall–Kier alpha value is -4.40. The van der Waals surface area contributed by atoms with Crippen molar-refractivity contribution in [3.63, 3.8) is 0 Å². The zero-order chi connectivity index (χ0) is 49.7. The van der Waals surface area contributed by atoms with Crippen molar-refractivity contribution in [2.24, 2.45) is 5.41 Å². The van der Waals surface area contributed by atoms with Crippen molar-refractivity contribution in [3.8, 4) is 11.4 Å². The molecule has 9 heteroatoms. The average Bonchev–Trinajstić information content (AvgIpc) is 3.80. The molecule has 2 heterocycles. The third-order valence-electron chi connectivity index (χ3n) is 15.0. The number of carbonyl (C=O) groups is 2. The van der Waals surface area contributed by atoms with Crippen molar-refractivity contribution in [3.05, 3.63) is 77.4 Å². The van der Waals surface area contributed by atoms with Crippen LogP contribution in [-0.4, -0.2) is 39.1 Å². The van der Waals surface area contributed by atoms with Crippen molar-refractivity contribution < 1.29 is 24.2 Å². The third-order valence-corrected chi connectivity index (χ3v) is 15.0. The maximum atomic E-state index is 14.1. The maximum absolute atomic E-state index is 14.1. The molecule has 0 bridgehead atoms. The summed E-state index contributed by atoms with van der Waals surface area (Å²) in [5.41, 5.74) is 4.03. The molecule has 0 spiro atoms. The van der Waals surface area contributed by atoms with E-state index in [-0.39, 0.29) is 5.75 Å². The number of fused-ring (bicyclic) bond motifs is 1. The molecule has 4 aromatic rings. The molecule has 1 aliphatic rings. The van der Waals surface area contributed by atoms with Gasteiger partial charge in [0, 0.05) is 30.4 Å². The van der Waals surface area contributed by atoms with Crippen LogP contribution in [0.2, 0.25) is 0 Å². The SMILES string of the molecule is CCCCCCCCCCCCCCCCCCC1(CCCCCCCCCCCCCCCCCC)C(=O)OC(c2ccc(N(C)Cc3cc(C)cc(-n4nc5ccccc5n4)c3O)cc2)OC1=O. The average molecular weight is 963 g/mol. The molecular formula is C61H94N4O5. The molecular weight excluding hydrogens is 869 g/mol. The van der Waals surface area contributed by atoms with Crippen LogP contribution in [0.4, 0.5) is 5.69 Å². The summed E-state index contributed by atoms with van der Waals surface area (Å²) in [6.07, 6.45) is 40.9. The summed E-state index contributed by atoms with van der Waals surface area (Å²) in [6.45, 7) is 6.98. The molecule has 1 saturated heterocycles. The van der Waals surface area contributed by atoms with E-state index < -0.39 is 23.6 Å². The summed E-state index contributed by atoms with van der Waals surface area (Å²) in [6, 6.07) is 19.1. The number of carbonyl (C=O) groups excluding carboxylic acids is 2. The largest absolute Gasteiger partial charge is 0.505 e. The fourth-order valence-electron chi connectivity index (χ4n) is 10.5. The highest BCUT2D eigenvalue weighted by molar-refractivity contribution is 6.01. The number of aromatic hydroxyl groups is 1. The van der Waals surface area contributed by atoms with Gasteiger partial charge in [0.25, 0.3) is 6.29 Å². The zero-order valence-corrected chi connectivity index (χ0v) is 44.5. The number of unbranched alkanes of at least 4 members (excludes halogenated alkanes) is 30. The molecule has 1 aromatic heterocycles. The molecule has 0 atom stereocenters. The number of hydrogen-bond acceptors (Lipinski definition) is 8. The van der Waals surface area contributed by atoms with Crippen molar-refractivity contribution in [2.75, 3.05) is 11.9 Å². The molecule has 388 valence electrons. The van der Waals surface area contributed by atoms with Gasteiger partial charge in [0.15, 0.2) is 5.41 Å². The van der Waals surface area contributed by atoms with Crippen LogP contribution in [0.5, 0.6) is 5.75 Å². The van der Waals surface area contributed by atoms with Gasteiger partial charge < -0.3 is 19.5 Å². The summed E-state index contributed by atoms with van der Waals surface area (Å²) in [5, 5.41) is 20.6. The second-order valence-corrected chi connectivity index (χ2v) is 21.0. The molecule has 0 unspecified atom stereocenters. The predicted molar refractivity (Wildman–Crippen MR) is 289 cm³/mol. The Bertz CT molecular complexity index is 1970. The Balaban J connectivity index is 1.08. The normalized spacial score (nSPS) is 13.8. The van der Waals surface area contributed by atoms with Crippen LogP contribution in [0.25, 0.3) is 16.7 Å². The number of anilines is 1. The minimum Gasteiger partial charge on any atom is -0.505 e. The first kappa shape index (κ1) is 56.5. The quantitative estimate of drug-likeness (QED) is 0.0268. The Morgan fingerprint density at radius 2 is 0.914 bits per heavy atom. The van der Waals surface area contributed by atoms with E-state index in [0.29, 0.717) is 30.6 Å². The molecule has 0 radical (unpaired) electrons. The van der Waals surface area contributed by atoms with Gasteiger partial charge >= 0.3 is 11.9 Å². The van der Waals surface area contributed by atoms with Gasteiger partial charge in [0.1, 0.15) is 22.5 Å². The van der Waals surface area contributed by atoms with Gasteiger partial charge in [-0.25, -0.2) is 0 Å². The molecule has 5 rings (SSSR count). The predicted octanol–water partition coefficient (Wildman–Crippen LogP) is 17.5. The van der Waals surface area contributed by atoms with Crippen LogP contribution in [0.15, 0.2) is 60.7 Å². The molecule has 0 aliphatic carbocycles. The molecule has 1 N–H and O–H groups in total. The summed E-state index contributed by atoms with van der Waals surface area (Å²) in [7, 11) is 1.96. The van der Waals surface area contributed by atoms with Gasteiger partial charge in [-0.1, -0.05) is 238 Å². The minimum atomic E-state index is -1.24. The van der Waals surface area contributed by atoms with Crippen LogP contribution in [0.1, 0.15) is 255 Å². The zero-order valence-electron chi connectivity index (χ0n) is 44.5. The number of cyclic esters (lactones) is 2. The lowest BCUT2D eigenvalue weighted by Gasteiger charge is -2.37. The lowest BCUT2D eigenvalue weighted by molar-refractivity contribution is -0.227. The van der Waals surface area contributed by atoms with Gasteiger partial charge in [-0.05, 0) is 67.8 Å². The van der Waals surface area contributed by atoms with E-state index in [0.717, 1.165) is 66.4 Å². The first-order valence-electron chi connectivity index (χ1n) is 28.6. The van der Waals surface area contributed by atoms with Gasteiger partial charge in [-0.2, -0.15) is 0 Å². The third kappa shape index (κ3) is 19.0. The molecule has 3 aromatic carbocycles. The minimum absolute atomic E-state index is 0.123. The number of aryl methyl sites for hydroxylation is 1. The summed E-state index contributed by atoms with van der Waals surface area (Å²) in [4.78, 5) is 31.8. The Labute approximate surface area is 424 Å². The summed E-state index contributed by atoms with van der Waals surface area (Å²) >= 11 is 0. The number of rotatable bonds is 39. The van der Waals surface area contributed by atoms with Crippen molar-refractivity contribution in [1.82, 2.24) is 15.0 Å². The number of ether oxygens (including phenoxy) is 2. The van der Waals surface area contributed by atoms with E-state index in [1.54, 1.807) is 0 Å². The van der Waals surface area contributed by atoms with Gasteiger partial charge in [0.2, 0.25) is 0 Å². The number of phenolic OH excluding ortho intramolecular Hbond substituents is 1. The number of esters is 2. The van der Waals surface area contributed by atoms with E-state index in [1.165, 1.54) is 172 Å². The lowest BCUT2D eigenvalue weighted by atomic mass is 9.77. The van der Waals surface area contributed by atoms with Gasteiger partial charge in [-0.15, -0.1) is 15.0 Å². The lowest BCUT2D eigenvalue weighted by Crippen LogP contribution is -2.47. The Morgan fingerprint density at radius 1 is 0.543 bits per heavy atom. The first-order valence-corrected chi connectivity index (χ1v) is 28.6. The van der Waals surface area contributed by atoms with Crippen molar-refractivity contribution in [2.45, 2.75) is 252 Å². The monoisotopic (exact) mass is 963 g/mol. The smallest absolute Gasteiger partial charge is 0.326 e. The molecule has 0 amide bonds. The number of benzene rings is 3. The Morgan fingerprint density at radius 3 is 1.30 bits per heavy atom. The second kappa shape index (κ2) is 32.5. The highest BCUT2D eigenvalue weighted by Gasteiger charge is 2.53. The van der Waals surface area contributed by atoms with E-state index in [9.17, 15) is 14.7 Å². The standard InChI is InChI=1S/C61H94N4O5/c1-5-7-9-11-13-15-17-19-21-23-25-27-29-31-33-37-45-61(46-38-34-32-30-28-26-24-22-20-18-16-14-12-10-8-6-2)59(67)69-58(70-60(61)68)51-41-43-53(44-42-51)64(4)49-52-47-50(3)48-56(57(52)66)65-62-54-39-35-36-40-55(54)63-65/h35-36,39-44,47-48,58,66H,5-34,37-38,45-46,49H2,1-4H3. The highest BCUT2D eigenvalue weighted by Crippen LogP contribution is 2.42. The second-order valence-electron chi connectivity index (χ2n) is 21.0. The van der Waals surface area contributed by atoms with Crippen LogP contribution < -0.4 is 4.90 Å². The Kier molecular flexibility index (Phi) is 26.3. The molecule has 1 aliphatic heterocycles. The molecule has 9 nitrogen and oxygen atoms in total. The first-order chi connectivity index (χ1) is 34.3. The summed E-state index contributed by atoms with van der Waals surface area (Å²) < 4.78 is 12.2. The van der Waals surface area contributed by atoms with Crippen molar-refractivity contribution >= 4 is 28.7 Å². The van der Waals surface area contributed by atoms with Crippen LogP contribution in [0.3, 0.4) is 0 Å². The van der Waals surface area contributed by atoms with E-state index in [1.807, 2.05) is 79.5 Å². The van der Waals surface area contributed by atoms with Gasteiger partial charge in [0.05, 0.1) is 0 Å². The number of nitrogens with zero attached hydrogens (tertiary/aromatic N) is 4.